The van der Waals surface area contributed by atoms with E-state index >= 15 is 0 Å². The van der Waals surface area contributed by atoms with Gasteiger partial charge in [0.2, 0.25) is 0 Å². The predicted octanol–water partition coefficient (Wildman–Crippen LogP) is 7.12. The zero-order valence-electron chi connectivity index (χ0n) is 29.9. The minimum Gasteiger partial charge on any atom is -0.544 e. The summed E-state index contributed by atoms with van der Waals surface area (Å²) >= 11 is 0. The molecular weight excluding hydrogens is 594 g/mol. The fourth-order valence-corrected chi connectivity index (χ4v) is 4.46. The van der Waals surface area contributed by atoms with Crippen LogP contribution in [0.2, 0.25) is 0 Å². The number of carboxylic acid groups (broad SMARTS) is 1. The van der Waals surface area contributed by atoms with Gasteiger partial charge in [0.25, 0.3) is 0 Å². The van der Waals surface area contributed by atoms with Gasteiger partial charge in [-0.3, -0.25) is 9.59 Å². The Morgan fingerprint density at radius 3 is 1.87 bits per heavy atom. The van der Waals surface area contributed by atoms with Gasteiger partial charge in [-0.1, -0.05) is 112 Å². The Balaban J connectivity index is 4.61. The Kier molecular flexibility index (Phi) is 28.1. The molecule has 2 unspecified atom stereocenters. The zero-order valence-corrected chi connectivity index (χ0v) is 29.9. The van der Waals surface area contributed by atoms with Crippen molar-refractivity contribution in [2.24, 2.45) is 0 Å². The van der Waals surface area contributed by atoms with E-state index in [1.807, 2.05) is 54.7 Å². The maximum absolute atomic E-state index is 12.6. The molecule has 0 rings (SSSR count). The SMILES string of the molecule is CC/C=C/C=C/C=C/C=C/C=C/CCCCCC(=O)OC(COCCC(C(=O)[O-])[N+](C)(C)C)COC(=O)CC/C=C/CCCCCC. The van der Waals surface area contributed by atoms with Crippen LogP contribution in [0, 0.1) is 0 Å². The molecule has 0 aliphatic heterocycles. The Bertz CT molecular complexity index is 1000. The number of hydrogen-bond donors (Lipinski definition) is 0. The summed E-state index contributed by atoms with van der Waals surface area (Å²) in [6, 6.07) is -0.739. The first-order chi connectivity index (χ1) is 22.6. The van der Waals surface area contributed by atoms with Gasteiger partial charge in [-0.25, -0.2) is 0 Å². The molecule has 8 heteroatoms. The lowest BCUT2D eigenvalue weighted by atomic mass is 10.1. The standard InChI is InChI=1S/C39H63NO7/c1-6-8-10-12-14-16-17-18-19-20-21-22-24-26-28-30-38(42)47-35(33-45-32-31-36(39(43)44)40(3,4)5)34-46-37(41)29-27-25-23-15-13-11-9-7-2/h8,10,12,14,16-21,23,25,35-36H,6-7,9,11,13,15,22,24,26-34H2,1-5H3/b10-8+,14-12+,17-16+,19-18+,21-20+,25-23+. The second-order valence-electron chi connectivity index (χ2n) is 12.5. The number of carboxylic acids is 1. The fourth-order valence-electron chi connectivity index (χ4n) is 4.46. The monoisotopic (exact) mass is 657 g/mol. The third-order valence-electron chi connectivity index (χ3n) is 7.22. The molecule has 47 heavy (non-hydrogen) atoms. The number of likely N-dealkylation sites (N-methyl/N-ethyl adjacent to an activating group) is 1. The average Bonchev–Trinajstić information content (AvgIpc) is 3.01. The van der Waals surface area contributed by atoms with Crippen LogP contribution in [0.25, 0.3) is 0 Å². The number of rotatable bonds is 29. The van der Waals surface area contributed by atoms with Crippen LogP contribution >= 0.6 is 0 Å². The van der Waals surface area contributed by atoms with E-state index in [1.165, 1.54) is 19.3 Å². The van der Waals surface area contributed by atoms with Crippen molar-refractivity contribution in [1.29, 1.82) is 0 Å². The lowest BCUT2D eigenvalue weighted by Crippen LogP contribution is -2.55. The van der Waals surface area contributed by atoms with Gasteiger partial charge in [-0.05, 0) is 44.9 Å². The molecule has 8 nitrogen and oxygen atoms in total. The molecule has 0 bridgehead atoms. The molecule has 0 amide bonds. The van der Waals surface area contributed by atoms with Gasteiger partial charge in [0.05, 0.1) is 40.3 Å². The van der Waals surface area contributed by atoms with Crippen LogP contribution in [0.5, 0.6) is 0 Å². The molecule has 0 aromatic heterocycles. The first-order valence-electron chi connectivity index (χ1n) is 17.5. The molecule has 0 aliphatic rings. The zero-order chi connectivity index (χ0) is 35.0. The number of unbranched alkanes of at least 4 members (excludes halogenated alkanes) is 7. The topological polar surface area (TPSA) is 102 Å². The molecule has 0 aliphatic carbocycles. The van der Waals surface area contributed by atoms with Gasteiger partial charge in [-0.2, -0.15) is 0 Å². The van der Waals surface area contributed by atoms with E-state index in [1.54, 1.807) is 21.1 Å². The number of nitrogens with zero attached hydrogens (tertiary/aromatic N) is 1. The molecule has 0 saturated carbocycles. The summed E-state index contributed by atoms with van der Waals surface area (Å²) < 4.78 is 16.9. The van der Waals surface area contributed by atoms with Crippen LogP contribution in [0.3, 0.4) is 0 Å². The van der Waals surface area contributed by atoms with Gasteiger partial charge in [0.15, 0.2) is 6.10 Å². The van der Waals surface area contributed by atoms with E-state index in [-0.39, 0.29) is 55.5 Å². The number of allylic oxidation sites excluding steroid dienone is 12. The van der Waals surface area contributed by atoms with Crippen LogP contribution in [0.1, 0.15) is 104 Å². The Hall–Kier alpha value is -3.23. The summed E-state index contributed by atoms with van der Waals surface area (Å²) in [5.74, 6) is -1.88. The van der Waals surface area contributed by atoms with Crippen molar-refractivity contribution in [3.63, 3.8) is 0 Å². The molecule has 0 aromatic carbocycles. The van der Waals surface area contributed by atoms with E-state index in [0.29, 0.717) is 12.8 Å². The van der Waals surface area contributed by atoms with Crippen LogP contribution in [-0.4, -0.2) is 75.5 Å². The van der Waals surface area contributed by atoms with Crippen LogP contribution in [0.4, 0.5) is 0 Å². The summed E-state index contributed by atoms with van der Waals surface area (Å²) in [7, 11) is 5.35. The number of aliphatic carboxylic acids is 1. The number of esters is 2. The van der Waals surface area contributed by atoms with E-state index in [2.05, 4.69) is 32.1 Å². The minimum absolute atomic E-state index is 0.00723. The lowest BCUT2D eigenvalue weighted by Gasteiger charge is -2.34. The Labute approximate surface area is 285 Å². The predicted molar refractivity (Wildman–Crippen MR) is 189 cm³/mol. The summed E-state index contributed by atoms with van der Waals surface area (Å²) in [6.45, 7) is 4.34. The van der Waals surface area contributed by atoms with Crippen molar-refractivity contribution >= 4 is 17.9 Å². The largest absolute Gasteiger partial charge is 0.544 e. The maximum atomic E-state index is 12.6. The van der Waals surface area contributed by atoms with Crippen molar-refractivity contribution in [3.05, 3.63) is 72.9 Å². The number of quaternary nitrogens is 1. The molecule has 0 spiro atoms. The summed E-state index contributed by atoms with van der Waals surface area (Å²) in [5.41, 5.74) is 0. The van der Waals surface area contributed by atoms with Crippen molar-refractivity contribution in [2.45, 2.75) is 116 Å². The molecule has 266 valence electrons. The van der Waals surface area contributed by atoms with E-state index in [0.717, 1.165) is 38.5 Å². The van der Waals surface area contributed by atoms with E-state index < -0.39 is 18.1 Å². The number of carbonyl (C=O) groups is 3. The summed E-state index contributed by atoms with van der Waals surface area (Å²) in [6.07, 6.45) is 35.2. The van der Waals surface area contributed by atoms with Gasteiger partial charge in [0.1, 0.15) is 12.6 Å². The highest BCUT2D eigenvalue weighted by Crippen LogP contribution is 2.10. The fraction of sp³-hybridized carbons (Fsp3) is 0.615. The van der Waals surface area contributed by atoms with Gasteiger partial charge >= 0.3 is 11.9 Å². The minimum atomic E-state index is -1.14. The highest BCUT2D eigenvalue weighted by molar-refractivity contribution is 5.70. The molecule has 0 fully saturated rings. The molecule has 0 N–H and O–H groups in total. The summed E-state index contributed by atoms with van der Waals surface area (Å²) in [4.78, 5) is 36.4. The quantitative estimate of drug-likeness (QED) is 0.0278. The van der Waals surface area contributed by atoms with E-state index in [4.69, 9.17) is 14.2 Å². The third kappa shape index (κ3) is 28.7. The average molecular weight is 658 g/mol. The highest BCUT2D eigenvalue weighted by Gasteiger charge is 2.25. The lowest BCUT2D eigenvalue weighted by molar-refractivity contribution is -0.889. The Morgan fingerprint density at radius 1 is 0.660 bits per heavy atom. The van der Waals surface area contributed by atoms with Crippen molar-refractivity contribution in [2.75, 3.05) is 41.0 Å². The molecular formula is C39H63NO7. The maximum Gasteiger partial charge on any atom is 0.306 e. The Morgan fingerprint density at radius 2 is 1.26 bits per heavy atom. The molecule has 0 aromatic rings. The molecule has 0 saturated heterocycles. The third-order valence-corrected chi connectivity index (χ3v) is 7.22. The van der Waals surface area contributed by atoms with Gasteiger partial charge < -0.3 is 28.6 Å². The molecule has 0 radical (unpaired) electrons. The second kappa shape index (κ2) is 30.1. The number of ether oxygens (including phenoxy) is 3. The first kappa shape index (κ1) is 43.8. The number of hydrogen-bond acceptors (Lipinski definition) is 7. The second-order valence-corrected chi connectivity index (χ2v) is 12.5. The van der Waals surface area contributed by atoms with Crippen molar-refractivity contribution in [1.82, 2.24) is 0 Å². The van der Waals surface area contributed by atoms with E-state index in [9.17, 15) is 19.5 Å². The van der Waals surface area contributed by atoms with Crippen LogP contribution < -0.4 is 5.11 Å². The molecule has 2 atom stereocenters. The van der Waals surface area contributed by atoms with Crippen molar-refractivity contribution in [3.8, 4) is 0 Å². The van der Waals surface area contributed by atoms with Gasteiger partial charge in [-0.15, -0.1) is 0 Å². The summed E-state index contributed by atoms with van der Waals surface area (Å²) in [5, 5.41) is 11.5. The van der Waals surface area contributed by atoms with Gasteiger partial charge in [0, 0.05) is 19.3 Å². The molecule has 0 heterocycles. The van der Waals surface area contributed by atoms with Crippen LogP contribution in [-0.2, 0) is 28.6 Å². The van der Waals surface area contributed by atoms with Crippen LogP contribution in [0.15, 0.2) is 72.9 Å². The first-order valence-corrected chi connectivity index (χ1v) is 17.5. The highest BCUT2D eigenvalue weighted by atomic mass is 16.6. The normalized spacial score (nSPS) is 14.0. The smallest absolute Gasteiger partial charge is 0.306 e. The number of carbonyl (C=O) groups excluding carboxylic acids is 3. The van der Waals surface area contributed by atoms with Crippen molar-refractivity contribution < 1.29 is 38.2 Å².